The third kappa shape index (κ3) is 3.57. The molecule has 4 aromatic heterocycles. The fourth-order valence-corrected chi connectivity index (χ4v) is 4.08. The van der Waals surface area contributed by atoms with Gasteiger partial charge in [-0.15, -0.1) is 0 Å². The summed E-state index contributed by atoms with van der Waals surface area (Å²) in [5.41, 5.74) is 3.68. The van der Waals surface area contributed by atoms with Crippen LogP contribution in [0.2, 0.25) is 5.02 Å². The molecule has 146 valence electrons. The van der Waals surface area contributed by atoms with Gasteiger partial charge in [-0.2, -0.15) is 5.10 Å². The van der Waals surface area contributed by atoms with E-state index in [9.17, 15) is 0 Å². The molecule has 0 spiro atoms. The van der Waals surface area contributed by atoms with Crippen molar-refractivity contribution in [3.63, 3.8) is 0 Å². The maximum atomic E-state index is 5.97. The molecule has 1 aliphatic rings. The molecule has 7 heteroatoms. The monoisotopic (exact) mass is 404 g/mol. The van der Waals surface area contributed by atoms with E-state index in [1.807, 2.05) is 53.5 Å². The van der Waals surface area contributed by atoms with Gasteiger partial charge in [0.15, 0.2) is 5.82 Å². The predicted molar refractivity (Wildman–Crippen MR) is 112 cm³/mol. The van der Waals surface area contributed by atoms with E-state index < -0.39 is 0 Å². The first-order valence-electron chi connectivity index (χ1n) is 9.79. The molecule has 4 aromatic rings. The quantitative estimate of drug-likeness (QED) is 0.539. The Kier molecular flexibility index (Phi) is 4.87. The lowest BCUT2D eigenvalue weighted by atomic mass is 9.93. The molecular formula is C22H21ClN6. The van der Waals surface area contributed by atoms with Crippen LogP contribution >= 0.6 is 11.6 Å². The van der Waals surface area contributed by atoms with Crippen LogP contribution in [0.15, 0.2) is 67.3 Å². The van der Waals surface area contributed by atoms with Gasteiger partial charge in [0.05, 0.1) is 16.9 Å². The third-order valence-electron chi connectivity index (χ3n) is 5.37. The summed E-state index contributed by atoms with van der Waals surface area (Å²) in [7, 11) is 0. The molecule has 1 aliphatic carbocycles. The highest BCUT2D eigenvalue weighted by Crippen LogP contribution is 2.31. The highest BCUT2D eigenvalue weighted by Gasteiger charge is 2.25. The van der Waals surface area contributed by atoms with Crippen LogP contribution in [0.25, 0.3) is 11.6 Å². The second-order valence-corrected chi connectivity index (χ2v) is 7.61. The van der Waals surface area contributed by atoms with Crippen molar-refractivity contribution in [3.05, 3.63) is 89.2 Å². The third-order valence-corrected chi connectivity index (χ3v) is 5.59. The lowest BCUT2D eigenvalue weighted by Crippen LogP contribution is -2.26. The number of halogens is 1. The normalized spacial score (nSPS) is 16.0. The molecule has 6 nitrogen and oxygen atoms in total. The van der Waals surface area contributed by atoms with E-state index in [1.165, 1.54) is 11.3 Å². The van der Waals surface area contributed by atoms with Gasteiger partial charge in [-0.25, -0.2) is 14.6 Å². The Bertz CT molecular complexity index is 1100. The zero-order valence-electron chi connectivity index (χ0n) is 15.9. The molecule has 0 saturated carbocycles. The van der Waals surface area contributed by atoms with Crippen molar-refractivity contribution in [3.8, 4) is 11.6 Å². The summed E-state index contributed by atoms with van der Waals surface area (Å²) in [4.78, 5) is 8.88. The van der Waals surface area contributed by atoms with Gasteiger partial charge in [0.2, 0.25) is 0 Å². The van der Waals surface area contributed by atoms with E-state index in [2.05, 4.69) is 31.0 Å². The molecule has 0 amide bonds. The van der Waals surface area contributed by atoms with Gasteiger partial charge in [0, 0.05) is 42.4 Å². The molecule has 1 unspecified atom stereocenters. The number of pyridine rings is 2. The van der Waals surface area contributed by atoms with Crippen molar-refractivity contribution >= 4 is 11.6 Å². The van der Waals surface area contributed by atoms with Gasteiger partial charge in [0.25, 0.3) is 0 Å². The van der Waals surface area contributed by atoms with Crippen LogP contribution in [0.1, 0.15) is 35.8 Å². The fourth-order valence-electron chi connectivity index (χ4n) is 3.97. The van der Waals surface area contributed by atoms with Gasteiger partial charge in [-0.3, -0.25) is 0 Å². The average Bonchev–Trinajstić information content (AvgIpc) is 3.41. The zero-order valence-corrected chi connectivity index (χ0v) is 16.6. The van der Waals surface area contributed by atoms with Crippen molar-refractivity contribution in [1.82, 2.24) is 29.6 Å². The summed E-state index contributed by atoms with van der Waals surface area (Å²) in [6.45, 7) is 0.746. The molecule has 1 N–H and O–H groups in total. The number of rotatable bonds is 5. The number of nitrogens with one attached hydrogen (secondary N) is 1. The van der Waals surface area contributed by atoms with Gasteiger partial charge in [-0.1, -0.05) is 17.7 Å². The summed E-state index contributed by atoms with van der Waals surface area (Å²) in [6, 6.07) is 14.1. The van der Waals surface area contributed by atoms with Crippen molar-refractivity contribution in [1.29, 1.82) is 0 Å². The smallest absolute Gasteiger partial charge is 0.153 e. The Morgan fingerprint density at radius 1 is 1.03 bits per heavy atom. The van der Waals surface area contributed by atoms with Crippen LogP contribution in [-0.2, 0) is 13.0 Å². The SMILES string of the molecule is Clc1ccc(-n2cccc2CNC2CCCc3c2cnn3-c2ccccn2)nc1. The minimum Gasteiger partial charge on any atom is -0.304 e. The van der Waals surface area contributed by atoms with E-state index in [4.69, 9.17) is 11.6 Å². The van der Waals surface area contributed by atoms with Gasteiger partial charge in [-0.05, 0) is 55.7 Å². The first-order chi connectivity index (χ1) is 14.3. The molecule has 5 rings (SSSR count). The van der Waals surface area contributed by atoms with Crippen LogP contribution in [0.3, 0.4) is 0 Å². The standard InChI is InChI=1S/C22H21ClN6/c23-16-9-10-21(26-13-16)28-12-4-5-17(28)14-25-19-6-3-7-20-18(19)15-27-29(20)22-8-1-2-11-24-22/h1-2,4-5,8-13,15,19,25H,3,6-7,14H2. The Morgan fingerprint density at radius 2 is 2.00 bits per heavy atom. The van der Waals surface area contributed by atoms with E-state index in [0.29, 0.717) is 5.02 Å². The Hall–Kier alpha value is -2.96. The lowest BCUT2D eigenvalue weighted by Gasteiger charge is -2.24. The van der Waals surface area contributed by atoms with Crippen LogP contribution in [0.5, 0.6) is 0 Å². The van der Waals surface area contributed by atoms with E-state index in [0.717, 1.165) is 43.1 Å². The van der Waals surface area contributed by atoms with E-state index in [-0.39, 0.29) is 6.04 Å². The summed E-state index contributed by atoms with van der Waals surface area (Å²) in [5.74, 6) is 1.74. The highest BCUT2D eigenvalue weighted by atomic mass is 35.5. The predicted octanol–water partition coefficient (Wildman–Crippen LogP) is 4.27. The first-order valence-corrected chi connectivity index (χ1v) is 10.2. The number of hydrogen-bond acceptors (Lipinski definition) is 4. The summed E-state index contributed by atoms with van der Waals surface area (Å²) >= 11 is 5.97. The highest BCUT2D eigenvalue weighted by molar-refractivity contribution is 6.30. The topological polar surface area (TPSA) is 60.6 Å². The van der Waals surface area contributed by atoms with Gasteiger partial charge >= 0.3 is 0 Å². The minimum absolute atomic E-state index is 0.276. The first kappa shape index (κ1) is 18.1. The summed E-state index contributed by atoms with van der Waals surface area (Å²) in [5, 5.41) is 8.98. The zero-order chi connectivity index (χ0) is 19.6. The Balaban J connectivity index is 1.36. The molecule has 29 heavy (non-hydrogen) atoms. The largest absolute Gasteiger partial charge is 0.304 e. The van der Waals surface area contributed by atoms with Crippen LogP contribution in [0, 0.1) is 0 Å². The maximum absolute atomic E-state index is 5.97. The van der Waals surface area contributed by atoms with Crippen LogP contribution in [-0.4, -0.2) is 24.3 Å². The van der Waals surface area contributed by atoms with Crippen molar-refractivity contribution in [2.75, 3.05) is 0 Å². The second-order valence-electron chi connectivity index (χ2n) is 7.18. The molecule has 0 radical (unpaired) electrons. The number of fused-ring (bicyclic) bond motifs is 1. The van der Waals surface area contributed by atoms with Gasteiger partial charge in [0.1, 0.15) is 5.82 Å². The summed E-state index contributed by atoms with van der Waals surface area (Å²) < 4.78 is 4.06. The molecule has 0 bridgehead atoms. The Morgan fingerprint density at radius 3 is 2.83 bits per heavy atom. The molecule has 0 aliphatic heterocycles. The molecule has 0 saturated heterocycles. The van der Waals surface area contributed by atoms with Gasteiger partial charge < -0.3 is 9.88 Å². The minimum atomic E-state index is 0.276. The van der Waals surface area contributed by atoms with Crippen molar-refractivity contribution < 1.29 is 0 Å². The molecule has 0 aromatic carbocycles. The summed E-state index contributed by atoms with van der Waals surface area (Å²) in [6.07, 6.45) is 10.7. The van der Waals surface area contributed by atoms with E-state index >= 15 is 0 Å². The molecular weight excluding hydrogens is 384 g/mol. The maximum Gasteiger partial charge on any atom is 0.153 e. The number of nitrogens with zero attached hydrogens (tertiary/aromatic N) is 5. The fraction of sp³-hybridized carbons (Fsp3) is 0.227. The average molecular weight is 405 g/mol. The molecule has 0 fully saturated rings. The van der Waals surface area contributed by atoms with E-state index in [1.54, 1.807) is 12.4 Å². The Labute approximate surface area is 174 Å². The second kappa shape index (κ2) is 7.81. The molecule has 1 atom stereocenters. The van der Waals surface area contributed by atoms with Crippen LogP contribution in [0.4, 0.5) is 0 Å². The van der Waals surface area contributed by atoms with Crippen molar-refractivity contribution in [2.45, 2.75) is 31.8 Å². The molecule has 4 heterocycles. The number of hydrogen-bond donors (Lipinski definition) is 1. The number of aromatic nitrogens is 5. The van der Waals surface area contributed by atoms with Crippen molar-refractivity contribution in [2.24, 2.45) is 0 Å². The lowest BCUT2D eigenvalue weighted by molar-refractivity contribution is 0.450. The van der Waals surface area contributed by atoms with Crippen LogP contribution < -0.4 is 5.32 Å².